The summed E-state index contributed by atoms with van der Waals surface area (Å²) in [4.78, 5) is 12.7. The van der Waals surface area contributed by atoms with Crippen molar-refractivity contribution in [2.24, 2.45) is 5.92 Å². The van der Waals surface area contributed by atoms with E-state index in [1.165, 1.54) is 26.4 Å². The first-order valence-corrected chi connectivity index (χ1v) is 7.47. The Morgan fingerprint density at radius 2 is 1.92 bits per heavy atom. The largest absolute Gasteiger partial charge is 0.507 e. The van der Waals surface area contributed by atoms with Crippen LogP contribution in [0.1, 0.15) is 15.9 Å². The molecule has 126 valence electrons. The van der Waals surface area contributed by atoms with Crippen molar-refractivity contribution in [3.63, 3.8) is 0 Å². The number of ether oxygens (including phenoxy) is 3. The van der Waals surface area contributed by atoms with Gasteiger partial charge in [0.05, 0.1) is 26.7 Å². The molecule has 3 rings (SSSR count). The summed E-state index contributed by atoms with van der Waals surface area (Å²) in [6.07, 6.45) is 0.417. The van der Waals surface area contributed by atoms with Crippen molar-refractivity contribution >= 4 is 5.78 Å². The summed E-state index contributed by atoms with van der Waals surface area (Å²) in [5.74, 6) is 0.404. The van der Waals surface area contributed by atoms with Gasteiger partial charge < -0.3 is 24.4 Å². The Bertz CT molecular complexity index is 783. The molecular weight excluding hydrogens is 312 g/mol. The number of Topliss-reactive ketones (excluding diaryl/α,β-unsaturated/α-hetero) is 1. The number of ketones is 1. The van der Waals surface area contributed by atoms with Gasteiger partial charge in [-0.1, -0.05) is 6.07 Å². The highest BCUT2D eigenvalue weighted by atomic mass is 16.5. The second-order valence-electron chi connectivity index (χ2n) is 5.60. The van der Waals surface area contributed by atoms with Crippen LogP contribution in [0.4, 0.5) is 0 Å². The molecule has 2 N–H and O–H groups in total. The van der Waals surface area contributed by atoms with E-state index in [9.17, 15) is 15.0 Å². The molecule has 6 heteroatoms. The first-order chi connectivity index (χ1) is 11.5. The molecule has 6 nitrogen and oxygen atoms in total. The number of aromatic hydroxyl groups is 2. The van der Waals surface area contributed by atoms with Gasteiger partial charge in [0.25, 0.3) is 0 Å². The molecule has 0 radical (unpaired) electrons. The van der Waals surface area contributed by atoms with Gasteiger partial charge in [0.2, 0.25) is 0 Å². The SMILES string of the molecule is COc1cc(O)c2c(c1)OC[C@H](Cc1ccc(O)c(OC)c1)C2=O. The second-order valence-corrected chi connectivity index (χ2v) is 5.60. The summed E-state index contributed by atoms with van der Waals surface area (Å²) in [5.41, 5.74) is 1.01. The van der Waals surface area contributed by atoms with E-state index < -0.39 is 5.92 Å². The smallest absolute Gasteiger partial charge is 0.177 e. The number of phenols is 2. The van der Waals surface area contributed by atoms with Gasteiger partial charge >= 0.3 is 0 Å². The highest BCUT2D eigenvalue weighted by molar-refractivity contribution is 6.04. The van der Waals surface area contributed by atoms with Gasteiger partial charge in [-0.2, -0.15) is 0 Å². The standard InChI is InChI=1S/C18H18O6/c1-22-12-7-14(20)17-16(8-12)24-9-11(18(17)21)5-10-3-4-13(19)15(6-10)23-2/h3-4,6-8,11,19-20H,5,9H2,1-2H3/t11-/m0/s1. The number of fused-ring (bicyclic) bond motifs is 1. The number of hydrogen-bond donors (Lipinski definition) is 2. The lowest BCUT2D eigenvalue weighted by Crippen LogP contribution is -2.29. The summed E-state index contributed by atoms with van der Waals surface area (Å²) in [6.45, 7) is 0.210. The lowest BCUT2D eigenvalue weighted by Gasteiger charge is -2.25. The van der Waals surface area contributed by atoms with Crippen LogP contribution in [0.25, 0.3) is 0 Å². The normalized spacial score (nSPS) is 16.2. The van der Waals surface area contributed by atoms with Crippen molar-refractivity contribution in [2.75, 3.05) is 20.8 Å². The van der Waals surface area contributed by atoms with Crippen molar-refractivity contribution in [1.29, 1.82) is 0 Å². The average molecular weight is 330 g/mol. The molecule has 0 aromatic heterocycles. The highest BCUT2D eigenvalue weighted by Gasteiger charge is 2.32. The van der Waals surface area contributed by atoms with Crippen LogP contribution in [0.5, 0.6) is 28.7 Å². The molecule has 2 aromatic carbocycles. The van der Waals surface area contributed by atoms with Gasteiger partial charge in [0, 0.05) is 12.1 Å². The molecular formula is C18H18O6. The first-order valence-electron chi connectivity index (χ1n) is 7.47. The Morgan fingerprint density at radius 1 is 1.12 bits per heavy atom. The fourth-order valence-electron chi connectivity index (χ4n) is 2.81. The second kappa shape index (κ2) is 6.31. The quantitative estimate of drug-likeness (QED) is 0.896. The van der Waals surface area contributed by atoms with E-state index in [0.717, 1.165) is 5.56 Å². The molecule has 0 amide bonds. The van der Waals surface area contributed by atoms with Crippen LogP contribution in [0, 0.1) is 5.92 Å². The number of carbonyl (C=O) groups excluding carboxylic acids is 1. The molecule has 1 heterocycles. The number of rotatable bonds is 4. The van der Waals surface area contributed by atoms with E-state index >= 15 is 0 Å². The first kappa shape index (κ1) is 16.0. The minimum Gasteiger partial charge on any atom is -0.507 e. The number of methoxy groups -OCH3 is 2. The summed E-state index contributed by atoms with van der Waals surface area (Å²) in [6, 6.07) is 7.93. The molecule has 0 unspecified atom stereocenters. The maximum Gasteiger partial charge on any atom is 0.177 e. The van der Waals surface area contributed by atoms with Crippen LogP contribution in [0.3, 0.4) is 0 Å². The Kier molecular flexibility index (Phi) is 4.20. The molecule has 0 aliphatic carbocycles. The Hall–Kier alpha value is -2.89. The summed E-state index contributed by atoms with van der Waals surface area (Å²) < 4.78 is 15.8. The molecule has 24 heavy (non-hydrogen) atoms. The predicted octanol–water partition coefficient (Wildman–Crippen LogP) is 2.55. The number of benzene rings is 2. The van der Waals surface area contributed by atoms with Crippen LogP contribution in [-0.2, 0) is 6.42 Å². The van der Waals surface area contributed by atoms with Gasteiger partial charge in [-0.3, -0.25) is 4.79 Å². The van der Waals surface area contributed by atoms with E-state index in [1.54, 1.807) is 18.2 Å². The van der Waals surface area contributed by atoms with Crippen LogP contribution < -0.4 is 14.2 Å². The van der Waals surface area contributed by atoms with Gasteiger partial charge in [-0.25, -0.2) is 0 Å². The lowest BCUT2D eigenvalue weighted by molar-refractivity contribution is 0.0825. The fraction of sp³-hybridized carbons (Fsp3) is 0.278. The minimum absolute atomic E-state index is 0.0440. The van der Waals surface area contributed by atoms with Gasteiger partial charge in [-0.05, 0) is 24.1 Å². The zero-order valence-electron chi connectivity index (χ0n) is 13.4. The van der Waals surface area contributed by atoms with E-state index in [2.05, 4.69) is 0 Å². The van der Waals surface area contributed by atoms with E-state index in [1.807, 2.05) is 0 Å². The van der Waals surface area contributed by atoms with Crippen molar-refractivity contribution in [2.45, 2.75) is 6.42 Å². The Balaban J connectivity index is 1.86. The molecule has 0 saturated carbocycles. The summed E-state index contributed by atoms with van der Waals surface area (Å²) in [5, 5.41) is 19.8. The van der Waals surface area contributed by atoms with E-state index in [0.29, 0.717) is 23.7 Å². The topological polar surface area (TPSA) is 85.2 Å². The maximum atomic E-state index is 12.7. The third-order valence-corrected chi connectivity index (χ3v) is 4.07. The predicted molar refractivity (Wildman–Crippen MR) is 86.3 cm³/mol. The minimum atomic E-state index is -0.425. The van der Waals surface area contributed by atoms with Crippen molar-refractivity contribution in [3.05, 3.63) is 41.5 Å². The summed E-state index contributed by atoms with van der Waals surface area (Å²) >= 11 is 0. The number of carbonyl (C=O) groups is 1. The fourth-order valence-corrected chi connectivity index (χ4v) is 2.81. The van der Waals surface area contributed by atoms with E-state index in [-0.39, 0.29) is 29.5 Å². The van der Waals surface area contributed by atoms with Crippen LogP contribution in [0.2, 0.25) is 0 Å². The number of hydrogen-bond acceptors (Lipinski definition) is 6. The Labute approximate surface area is 139 Å². The van der Waals surface area contributed by atoms with Gasteiger partial charge in [-0.15, -0.1) is 0 Å². The zero-order valence-corrected chi connectivity index (χ0v) is 13.4. The summed E-state index contributed by atoms with van der Waals surface area (Å²) in [7, 11) is 2.95. The third-order valence-electron chi connectivity index (χ3n) is 4.07. The zero-order chi connectivity index (χ0) is 17.3. The van der Waals surface area contributed by atoms with Gasteiger partial charge in [0.15, 0.2) is 17.3 Å². The van der Waals surface area contributed by atoms with Crippen molar-refractivity contribution < 1.29 is 29.2 Å². The molecule has 0 spiro atoms. The van der Waals surface area contributed by atoms with Crippen LogP contribution >= 0.6 is 0 Å². The molecule has 0 fully saturated rings. The molecule has 1 atom stereocenters. The molecule has 1 aliphatic rings. The average Bonchev–Trinajstić information content (AvgIpc) is 2.58. The van der Waals surface area contributed by atoms with Crippen LogP contribution in [0.15, 0.2) is 30.3 Å². The van der Waals surface area contributed by atoms with Crippen molar-refractivity contribution in [1.82, 2.24) is 0 Å². The molecule has 1 aliphatic heterocycles. The third kappa shape index (κ3) is 2.82. The van der Waals surface area contributed by atoms with Gasteiger partial charge in [0.1, 0.15) is 22.8 Å². The van der Waals surface area contributed by atoms with Crippen LogP contribution in [-0.4, -0.2) is 36.8 Å². The van der Waals surface area contributed by atoms with Crippen molar-refractivity contribution in [3.8, 4) is 28.7 Å². The molecule has 0 saturated heterocycles. The number of phenolic OH excluding ortho intramolecular Hbond substituents is 2. The molecule has 2 aromatic rings. The monoisotopic (exact) mass is 330 g/mol. The van der Waals surface area contributed by atoms with E-state index in [4.69, 9.17) is 14.2 Å². The Morgan fingerprint density at radius 3 is 2.62 bits per heavy atom. The highest BCUT2D eigenvalue weighted by Crippen LogP contribution is 2.39. The maximum absolute atomic E-state index is 12.7. The molecule has 0 bridgehead atoms. The lowest BCUT2D eigenvalue weighted by atomic mass is 9.89.